The summed E-state index contributed by atoms with van der Waals surface area (Å²) in [6.45, 7) is -0.215. The number of benzene rings is 2. The third-order valence-electron chi connectivity index (χ3n) is 5.16. The predicted octanol–water partition coefficient (Wildman–Crippen LogP) is 4.34. The lowest BCUT2D eigenvalue weighted by Gasteiger charge is -2.21. The van der Waals surface area contributed by atoms with Crippen molar-refractivity contribution in [3.63, 3.8) is 0 Å². The highest BCUT2D eigenvalue weighted by molar-refractivity contribution is 5.83. The lowest BCUT2D eigenvalue weighted by atomic mass is 9.92. The Morgan fingerprint density at radius 1 is 1.03 bits per heavy atom. The van der Waals surface area contributed by atoms with E-state index in [1.54, 1.807) is 19.2 Å². The monoisotopic (exact) mass is 417 g/mol. The first-order valence-corrected chi connectivity index (χ1v) is 9.20. The van der Waals surface area contributed by atoms with E-state index < -0.39 is 12.2 Å². The molecule has 1 atom stereocenters. The van der Waals surface area contributed by atoms with Gasteiger partial charge in [-0.1, -0.05) is 5.18 Å². The summed E-state index contributed by atoms with van der Waals surface area (Å²) in [5, 5.41) is 12.2. The molecule has 0 saturated heterocycles. The summed E-state index contributed by atoms with van der Waals surface area (Å²) in [4.78, 5) is 22.5. The van der Waals surface area contributed by atoms with Crippen LogP contribution < -0.4 is 18.9 Å². The van der Waals surface area contributed by atoms with Gasteiger partial charge in [-0.25, -0.2) is 4.79 Å². The van der Waals surface area contributed by atoms with Crippen LogP contribution in [0, 0.1) is 4.91 Å². The van der Waals surface area contributed by atoms with Crippen LogP contribution in [0.1, 0.15) is 29.2 Å². The first-order valence-electron chi connectivity index (χ1n) is 9.20. The Morgan fingerprint density at radius 3 is 2.30 bits per heavy atom. The molecule has 0 heterocycles. The van der Waals surface area contributed by atoms with Crippen LogP contribution in [0.25, 0.3) is 11.1 Å². The summed E-state index contributed by atoms with van der Waals surface area (Å²) in [6, 6.07) is 4.67. The zero-order valence-corrected chi connectivity index (χ0v) is 17.2. The summed E-state index contributed by atoms with van der Waals surface area (Å²) in [5.41, 5.74) is 3.49. The number of hydrogen-bond acceptors (Lipinski definition) is 8. The number of rotatable bonds is 7. The first kappa shape index (κ1) is 21.2. The summed E-state index contributed by atoms with van der Waals surface area (Å²) >= 11 is 0. The summed E-state index contributed by atoms with van der Waals surface area (Å²) in [5.74, 6) is 1.84. The standard InChI is InChI=1S/C21H23NO8/c1-26-16-9-14-13(7-12(16)10-30-21(23)24)15(22-25)6-5-11-8-17(27-2)19(28-3)20(29-4)18(11)14/h7-9,15H,5-6,10H2,1-4H3,(H,23,24). The molecule has 9 nitrogen and oxygen atoms in total. The Bertz CT molecular complexity index is 972. The quantitative estimate of drug-likeness (QED) is 0.523. The molecule has 3 rings (SSSR count). The minimum Gasteiger partial charge on any atom is -0.496 e. The molecule has 1 aliphatic rings. The third kappa shape index (κ3) is 3.70. The average Bonchev–Trinajstić information content (AvgIpc) is 2.91. The van der Waals surface area contributed by atoms with Gasteiger partial charge in [0.2, 0.25) is 5.75 Å². The molecule has 1 aliphatic carbocycles. The second-order valence-electron chi connectivity index (χ2n) is 6.65. The molecule has 0 radical (unpaired) electrons. The van der Waals surface area contributed by atoms with Gasteiger partial charge in [0, 0.05) is 11.1 Å². The van der Waals surface area contributed by atoms with Gasteiger partial charge in [-0.2, -0.15) is 4.91 Å². The van der Waals surface area contributed by atoms with Gasteiger partial charge in [-0.3, -0.25) is 0 Å². The molecule has 160 valence electrons. The minimum atomic E-state index is -1.40. The fraction of sp³-hybridized carbons (Fsp3) is 0.381. The molecule has 9 heteroatoms. The summed E-state index contributed by atoms with van der Waals surface area (Å²) in [7, 11) is 6.07. The molecule has 0 aromatic heterocycles. The van der Waals surface area contributed by atoms with E-state index in [2.05, 4.69) is 5.18 Å². The van der Waals surface area contributed by atoms with Crippen molar-refractivity contribution in [1.29, 1.82) is 0 Å². The molecule has 0 saturated carbocycles. The molecule has 1 unspecified atom stereocenters. The topological polar surface area (TPSA) is 113 Å². The second-order valence-corrected chi connectivity index (χ2v) is 6.65. The van der Waals surface area contributed by atoms with Crippen LogP contribution in [-0.4, -0.2) is 39.7 Å². The van der Waals surface area contributed by atoms with E-state index in [1.165, 1.54) is 21.3 Å². The number of carboxylic acid groups (broad SMARTS) is 1. The molecule has 2 aromatic carbocycles. The Kier molecular flexibility index (Phi) is 6.29. The van der Waals surface area contributed by atoms with Crippen LogP contribution in [-0.2, 0) is 17.8 Å². The molecule has 30 heavy (non-hydrogen) atoms. The Hall–Kier alpha value is -3.49. The maximum atomic E-state index is 11.7. The van der Waals surface area contributed by atoms with E-state index in [-0.39, 0.29) is 6.61 Å². The average molecular weight is 417 g/mol. The lowest BCUT2D eigenvalue weighted by molar-refractivity contribution is 0.0847. The number of hydrogen-bond donors (Lipinski definition) is 1. The molecule has 0 aliphatic heterocycles. The van der Waals surface area contributed by atoms with Crippen LogP contribution in [0.3, 0.4) is 0 Å². The predicted molar refractivity (Wildman–Crippen MR) is 108 cm³/mol. The first-order chi connectivity index (χ1) is 14.5. The Labute approximate surface area is 173 Å². The molecule has 0 amide bonds. The van der Waals surface area contributed by atoms with E-state index in [0.29, 0.717) is 52.5 Å². The van der Waals surface area contributed by atoms with Crippen molar-refractivity contribution in [2.75, 3.05) is 28.4 Å². The summed E-state index contributed by atoms with van der Waals surface area (Å²) < 4.78 is 26.8. The summed E-state index contributed by atoms with van der Waals surface area (Å²) in [6.07, 6.45) is -0.380. The van der Waals surface area contributed by atoms with Gasteiger partial charge in [0.15, 0.2) is 11.5 Å². The molecule has 2 aromatic rings. The van der Waals surface area contributed by atoms with Gasteiger partial charge < -0.3 is 28.8 Å². The zero-order chi connectivity index (χ0) is 21.8. The van der Waals surface area contributed by atoms with Crippen LogP contribution in [0.2, 0.25) is 0 Å². The van der Waals surface area contributed by atoms with Crippen molar-refractivity contribution >= 4 is 6.16 Å². The SMILES string of the molecule is COc1cc2c(cc1COC(=O)O)C(N=O)CCc1cc(OC)c(OC)c(OC)c1-2. The highest BCUT2D eigenvalue weighted by Crippen LogP contribution is 2.52. The van der Waals surface area contributed by atoms with Crippen molar-refractivity contribution in [2.24, 2.45) is 5.18 Å². The van der Waals surface area contributed by atoms with Crippen molar-refractivity contribution in [2.45, 2.75) is 25.5 Å². The van der Waals surface area contributed by atoms with Gasteiger partial charge in [0.05, 0.1) is 28.4 Å². The van der Waals surface area contributed by atoms with Crippen LogP contribution in [0.5, 0.6) is 23.0 Å². The molecule has 0 spiro atoms. The van der Waals surface area contributed by atoms with Crippen molar-refractivity contribution in [3.05, 3.63) is 39.8 Å². The van der Waals surface area contributed by atoms with Crippen LogP contribution in [0.15, 0.2) is 23.4 Å². The van der Waals surface area contributed by atoms with E-state index in [0.717, 1.165) is 11.1 Å². The molecule has 0 fully saturated rings. The molecule has 1 N–H and O–H groups in total. The molecular weight excluding hydrogens is 394 g/mol. The largest absolute Gasteiger partial charge is 0.506 e. The number of carbonyl (C=O) groups is 1. The third-order valence-corrected chi connectivity index (χ3v) is 5.16. The number of fused-ring (bicyclic) bond motifs is 3. The number of methoxy groups -OCH3 is 4. The van der Waals surface area contributed by atoms with E-state index in [4.69, 9.17) is 28.8 Å². The van der Waals surface area contributed by atoms with E-state index in [9.17, 15) is 9.70 Å². The van der Waals surface area contributed by atoms with Crippen molar-refractivity contribution in [1.82, 2.24) is 0 Å². The van der Waals surface area contributed by atoms with Crippen LogP contribution >= 0.6 is 0 Å². The smallest absolute Gasteiger partial charge is 0.496 e. The molecular formula is C21H23NO8. The maximum Gasteiger partial charge on any atom is 0.506 e. The van der Waals surface area contributed by atoms with Crippen LogP contribution in [0.4, 0.5) is 4.79 Å². The highest BCUT2D eigenvalue weighted by atomic mass is 16.7. The minimum absolute atomic E-state index is 0.215. The number of ether oxygens (including phenoxy) is 5. The van der Waals surface area contributed by atoms with Gasteiger partial charge in [-0.05, 0) is 47.7 Å². The number of nitroso groups, excluding NO2 is 1. The zero-order valence-electron chi connectivity index (χ0n) is 17.2. The highest BCUT2D eigenvalue weighted by Gasteiger charge is 2.30. The number of aryl methyl sites for hydroxylation is 1. The normalized spacial score (nSPS) is 14.6. The fourth-order valence-corrected chi connectivity index (χ4v) is 3.83. The van der Waals surface area contributed by atoms with Gasteiger partial charge >= 0.3 is 6.16 Å². The van der Waals surface area contributed by atoms with E-state index in [1.807, 2.05) is 6.07 Å². The Balaban J connectivity index is 2.32. The second kappa shape index (κ2) is 8.89. The number of nitrogens with zero attached hydrogens (tertiary/aromatic N) is 1. The maximum absolute atomic E-state index is 11.7. The molecule has 0 bridgehead atoms. The Morgan fingerprint density at radius 2 is 1.73 bits per heavy atom. The van der Waals surface area contributed by atoms with E-state index >= 15 is 0 Å². The lowest BCUT2D eigenvalue weighted by Crippen LogP contribution is -2.05. The fourth-order valence-electron chi connectivity index (χ4n) is 3.83. The van der Waals surface area contributed by atoms with Crippen molar-refractivity contribution in [3.8, 4) is 34.1 Å². The van der Waals surface area contributed by atoms with Gasteiger partial charge in [0.1, 0.15) is 18.4 Å². The van der Waals surface area contributed by atoms with Gasteiger partial charge in [-0.15, -0.1) is 0 Å². The van der Waals surface area contributed by atoms with Gasteiger partial charge in [0.25, 0.3) is 0 Å². The van der Waals surface area contributed by atoms with Crippen molar-refractivity contribution < 1.29 is 33.6 Å².